The van der Waals surface area contributed by atoms with Gasteiger partial charge in [0.1, 0.15) is 0 Å². The molecule has 0 saturated heterocycles. The van der Waals surface area contributed by atoms with E-state index in [1.807, 2.05) is 0 Å². The average Bonchev–Trinajstić information content (AvgIpc) is 2.88. The second kappa shape index (κ2) is 33.1. The molecule has 0 radical (unpaired) electrons. The second-order valence-electron chi connectivity index (χ2n) is 11.6. The molecule has 0 saturated carbocycles. The minimum Gasteiger partial charge on any atom is -0.344 e. The van der Waals surface area contributed by atoms with Crippen LogP contribution in [-0.2, 0) is 14.3 Å². The van der Waals surface area contributed by atoms with E-state index in [2.05, 4.69) is 13.8 Å². The molecule has 0 spiro atoms. The molecule has 0 bridgehead atoms. The highest BCUT2D eigenvalue weighted by Crippen LogP contribution is 2.15. The van der Waals surface area contributed by atoms with Gasteiger partial charge >= 0.3 is 0 Å². The summed E-state index contributed by atoms with van der Waals surface area (Å²) in [4.78, 5) is 0. The van der Waals surface area contributed by atoms with Crippen LogP contribution >= 0.6 is 0 Å². The minimum atomic E-state index is -3.31. The van der Waals surface area contributed by atoms with Crippen molar-refractivity contribution in [2.24, 2.45) is 0 Å². The van der Waals surface area contributed by atoms with Gasteiger partial charge in [0.25, 0.3) is 10.1 Å². The zero-order valence-electron chi connectivity index (χ0n) is 26.3. The Hall–Kier alpha value is -0.130. The van der Waals surface area contributed by atoms with E-state index < -0.39 is 10.1 Å². The van der Waals surface area contributed by atoms with Crippen molar-refractivity contribution in [1.29, 1.82) is 0 Å². The molecule has 0 amide bonds. The lowest BCUT2D eigenvalue weighted by molar-refractivity contribution is 0.305. The summed E-state index contributed by atoms with van der Waals surface area (Å²) in [6, 6.07) is 0. The Balaban J connectivity index is 0. The van der Waals surface area contributed by atoms with E-state index in [1.54, 1.807) is 0 Å². The highest BCUT2D eigenvalue weighted by atomic mass is 32.2. The molecule has 0 aliphatic rings. The predicted molar refractivity (Wildman–Crippen MR) is 170 cm³/mol. The van der Waals surface area contributed by atoms with E-state index in [-0.39, 0.29) is 11.9 Å². The summed E-state index contributed by atoms with van der Waals surface area (Å²) in [5.41, 5.74) is 0. The van der Waals surface area contributed by atoms with Gasteiger partial charge in [-0.1, -0.05) is 187 Å². The van der Waals surface area contributed by atoms with Crippen LogP contribution in [0.4, 0.5) is 0 Å². The average molecular weight is 562 g/mol. The maximum atomic E-state index is 12.0. The van der Waals surface area contributed by atoms with Crippen molar-refractivity contribution < 1.29 is 12.6 Å². The van der Waals surface area contributed by atoms with E-state index in [9.17, 15) is 8.42 Å². The topological polar surface area (TPSA) is 78.4 Å². The summed E-state index contributed by atoms with van der Waals surface area (Å²) in [5.74, 6) is 0.197. The first-order valence-corrected chi connectivity index (χ1v) is 18.6. The summed E-state index contributed by atoms with van der Waals surface area (Å²) in [6.45, 7) is 4.91. The van der Waals surface area contributed by atoms with Gasteiger partial charge in [-0.15, -0.1) is 0 Å². The zero-order chi connectivity index (χ0) is 27.1. The van der Waals surface area contributed by atoms with Gasteiger partial charge in [-0.25, -0.2) is 0 Å². The van der Waals surface area contributed by atoms with E-state index in [0.29, 0.717) is 6.61 Å². The first kappa shape index (κ1) is 40.0. The minimum absolute atomic E-state index is 0. The standard InChI is InChI=1S/C33H68O3S.H3N/c1-3-5-7-9-11-13-15-16-17-18-19-20-21-22-23-24-26-28-30-32-36-37(34,35)33-31-29-27-25-14-12-10-8-6-4-2;/h3-33H2,1-2H3;1H3. The van der Waals surface area contributed by atoms with Crippen molar-refractivity contribution >= 4 is 10.1 Å². The van der Waals surface area contributed by atoms with Crippen LogP contribution in [0.25, 0.3) is 0 Å². The maximum absolute atomic E-state index is 12.0. The monoisotopic (exact) mass is 562 g/mol. The van der Waals surface area contributed by atoms with Crippen LogP contribution in [0.3, 0.4) is 0 Å². The molecular weight excluding hydrogens is 490 g/mol. The predicted octanol–water partition coefficient (Wildman–Crippen LogP) is 11.8. The Morgan fingerprint density at radius 1 is 0.368 bits per heavy atom. The van der Waals surface area contributed by atoms with Crippen LogP contribution in [0.5, 0.6) is 0 Å². The Labute approximate surface area is 241 Å². The quantitative estimate of drug-likeness (QED) is 0.0654. The normalized spacial score (nSPS) is 11.6. The number of unbranched alkanes of at least 4 members (excludes halogenated alkanes) is 27. The lowest BCUT2D eigenvalue weighted by Gasteiger charge is -2.06. The molecule has 0 aromatic carbocycles. The summed E-state index contributed by atoms with van der Waals surface area (Å²) >= 11 is 0. The van der Waals surface area contributed by atoms with Crippen molar-refractivity contribution in [1.82, 2.24) is 6.15 Å². The fraction of sp³-hybridized carbons (Fsp3) is 1.00. The fourth-order valence-corrected chi connectivity index (χ4v) is 6.24. The molecule has 0 atom stereocenters. The second-order valence-corrected chi connectivity index (χ2v) is 13.4. The Bertz CT molecular complexity index is 524. The van der Waals surface area contributed by atoms with Gasteiger partial charge < -0.3 is 6.15 Å². The summed E-state index contributed by atoms with van der Waals surface area (Å²) in [7, 11) is -3.31. The molecule has 0 rings (SSSR count). The van der Waals surface area contributed by atoms with Crippen LogP contribution in [0.1, 0.15) is 200 Å². The molecule has 5 heteroatoms. The molecule has 0 aromatic rings. The van der Waals surface area contributed by atoms with Crippen LogP contribution in [-0.4, -0.2) is 20.8 Å². The summed E-state index contributed by atoms with van der Waals surface area (Å²) < 4.78 is 29.3. The highest BCUT2D eigenvalue weighted by molar-refractivity contribution is 7.86. The van der Waals surface area contributed by atoms with Gasteiger partial charge in [0, 0.05) is 0 Å². The number of hydrogen-bond donors (Lipinski definition) is 1. The lowest BCUT2D eigenvalue weighted by atomic mass is 10.0. The lowest BCUT2D eigenvalue weighted by Crippen LogP contribution is -2.11. The third kappa shape index (κ3) is 33.9. The van der Waals surface area contributed by atoms with Crippen LogP contribution in [0.2, 0.25) is 0 Å². The van der Waals surface area contributed by atoms with Crippen LogP contribution in [0.15, 0.2) is 0 Å². The first-order valence-electron chi connectivity index (χ1n) is 17.0. The van der Waals surface area contributed by atoms with Gasteiger partial charge in [0.05, 0.1) is 12.4 Å². The third-order valence-electron chi connectivity index (χ3n) is 7.76. The Kier molecular flexibility index (Phi) is 34.8. The van der Waals surface area contributed by atoms with Crippen molar-refractivity contribution in [2.75, 3.05) is 12.4 Å². The largest absolute Gasteiger partial charge is 0.344 e. The molecular formula is C33H71NO3S. The maximum Gasteiger partial charge on any atom is 0.267 e. The van der Waals surface area contributed by atoms with Crippen molar-refractivity contribution in [3.63, 3.8) is 0 Å². The van der Waals surface area contributed by atoms with E-state index >= 15 is 0 Å². The first-order chi connectivity index (χ1) is 18.1. The Morgan fingerprint density at radius 3 is 0.895 bits per heavy atom. The van der Waals surface area contributed by atoms with E-state index in [0.717, 1.165) is 32.1 Å². The van der Waals surface area contributed by atoms with E-state index in [1.165, 1.54) is 154 Å². The zero-order valence-corrected chi connectivity index (χ0v) is 27.1. The van der Waals surface area contributed by atoms with Crippen LogP contribution in [0, 0.1) is 0 Å². The van der Waals surface area contributed by atoms with Crippen LogP contribution < -0.4 is 6.15 Å². The van der Waals surface area contributed by atoms with Crippen molar-refractivity contribution in [2.45, 2.75) is 200 Å². The molecule has 232 valence electrons. The molecule has 0 aliphatic carbocycles. The van der Waals surface area contributed by atoms with Crippen molar-refractivity contribution in [3.8, 4) is 0 Å². The van der Waals surface area contributed by atoms with E-state index in [4.69, 9.17) is 4.18 Å². The van der Waals surface area contributed by atoms with Gasteiger partial charge in [-0.05, 0) is 12.8 Å². The molecule has 0 aliphatic heterocycles. The number of rotatable bonds is 32. The number of hydrogen-bond acceptors (Lipinski definition) is 4. The molecule has 0 heterocycles. The van der Waals surface area contributed by atoms with Gasteiger partial charge in [0.15, 0.2) is 0 Å². The molecule has 0 aromatic heterocycles. The fourth-order valence-electron chi connectivity index (χ4n) is 5.19. The van der Waals surface area contributed by atoms with Gasteiger partial charge in [0.2, 0.25) is 0 Å². The molecule has 0 unspecified atom stereocenters. The smallest absolute Gasteiger partial charge is 0.267 e. The summed E-state index contributed by atoms with van der Waals surface area (Å²) in [5, 5.41) is 0. The van der Waals surface area contributed by atoms with Crippen molar-refractivity contribution in [3.05, 3.63) is 0 Å². The highest BCUT2D eigenvalue weighted by Gasteiger charge is 2.10. The molecule has 4 nitrogen and oxygen atoms in total. The van der Waals surface area contributed by atoms with Gasteiger partial charge in [-0.3, -0.25) is 4.18 Å². The third-order valence-corrected chi connectivity index (χ3v) is 9.07. The molecule has 38 heavy (non-hydrogen) atoms. The SMILES string of the molecule is CCCCCCCCCCCCCCCCCCCCCOS(=O)(=O)CCCCCCCCCCCC.N. The molecule has 0 fully saturated rings. The summed E-state index contributed by atoms with van der Waals surface area (Å²) in [6.07, 6.45) is 37.8. The van der Waals surface area contributed by atoms with Gasteiger partial charge in [-0.2, -0.15) is 8.42 Å². The Morgan fingerprint density at radius 2 is 0.605 bits per heavy atom. The molecule has 3 N–H and O–H groups in total.